The molecule has 1 aromatic carbocycles. The van der Waals surface area contributed by atoms with Crippen LogP contribution in [0.5, 0.6) is 0 Å². The summed E-state index contributed by atoms with van der Waals surface area (Å²) in [5.41, 5.74) is 2.15. The molecule has 1 aromatic rings. The molecule has 3 rings (SSSR count). The van der Waals surface area contributed by atoms with Crippen molar-refractivity contribution >= 4 is 17.0 Å². The van der Waals surface area contributed by atoms with Crippen LogP contribution in [-0.2, 0) is 4.79 Å². The summed E-state index contributed by atoms with van der Waals surface area (Å²) < 4.78 is 5.93. The average molecular weight is 463 g/mol. The van der Waals surface area contributed by atoms with E-state index in [2.05, 4.69) is 16.9 Å². The summed E-state index contributed by atoms with van der Waals surface area (Å²) in [4.78, 5) is 21.4. The quantitative estimate of drug-likeness (QED) is 0.158. The van der Waals surface area contributed by atoms with Gasteiger partial charge in [0.15, 0.2) is 11.3 Å². The number of nitrogens with zero attached hydrogens (tertiary/aromatic N) is 2. The number of rotatable bonds is 16. The molecule has 0 radical (unpaired) electrons. The van der Waals surface area contributed by atoms with Gasteiger partial charge in [-0.1, -0.05) is 115 Å². The Morgan fingerprint density at radius 2 is 1.32 bits per heavy atom. The molecular formula is C30H42N2O2. The monoisotopic (exact) mass is 462 g/mol. The lowest BCUT2D eigenvalue weighted by atomic mass is 10.0. The summed E-state index contributed by atoms with van der Waals surface area (Å²) in [5, 5.41) is 0.595. The van der Waals surface area contributed by atoms with Crippen LogP contribution in [0.3, 0.4) is 0 Å². The van der Waals surface area contributed by atoms with Crippen molar-refractivity contribution in [3.63, 3.8) is 0 Å². The molecule has 0 saturated heterocycles. The van der Waals surface area contributed by atoms with Crippen LogP contribution in [0.4, 0.5) is 0 Å². The van der Waals surface area contributed by atoms with Crippen LogP contribution >= 0.6 is 0 Å². The molecular weight excluding hydrogens is 420 g/mol. The molecule has 0 N–H and O–H groups in total. The van der Waals surface area contributed by atoms with E-state index in [4.69, 9.17) is 4.42 Å². The fourth-order valence-corrected chi connectivity index (χ4v) is 4.51. The van der Waals surface area contributed by atoms with Gasteiger partial charge in [-0.25, -0.2) is 9.98 Å². The topological polar surface area (TPSA) is 55.5 Å². The van der Waals surface area contributed by atoms with Crippen LogP contribution in [0.2, 0.25) is 0 Å². The molecule has 1 heterocycles. The number of benzene rings is 2. The third-order valence-electron chi connectivity index (χ3n) is 6.53. The minimum Gasteiger partial charge on any atom is -0.453 e. The second-order valence-corrected chi connectivity index (χ2v) is 9.51. The minimum atomic E-state index is -0.0721. The van der Waals surface area contributed by atoms with Gasteiger partial charge in [0.1, 0.15) is 11.2 Å². The Hall–Kier alpha value is -2.49. The summed E-state index contributed by atoms with van der Waals surface area (Å²) >= 11 is 0. The number of carbonyl (C=O) groups excluding carboxylic acids is 1. The van der Waals surface area contributed by atoms with Gasteiger partial charge in [0.2, 0.25) is 5.91 Å². The molecule has 2 aliphatic rings. The van der Waals surface area contributed by atoms with Crippen molar-refractivity contribution in [1.29, 1.82) is 0 Å². The van der Waals surface area contributed by atoms with Gasteiger partial charge in [0.05, 0.1) is 5.36 Å². The Morgan fingerprint density at radius 1 is 0.735 bits per heavy atom. The number of para-hydroxylation sites is 3. The molecule has 4 heteroatoms. The molecule has 1 amide bonds. The maximum atomic E-state index is 12.4. The molecule has 0 aromatic heterocycles. The van der Waals surface area contributed by atoms with Crippen LogP contribution < -0.4 is 5.36 Å². The smallest absolute Gasteiger partial charge is 0.246 e. The number of amides is 1. The van der Waals surface area contributed by atoms with Crippen molar-refractivity contribution in [2.45, 2.75) is 110 Å². The van der Waals surface area contributed by atoms with Crippen LogP contribution in [0, 0.1) is 0 Å². The SMILES string of the molecule is CCCCCCCCCCCCCCCCCC(=O)N=c1cccc2oc3ccccc3nc1-2. The first kappa shape index (κ1) is 26.1. The molecule has 0 spiro atoms. The third kappa shape index (κ3) is 9.04. The first-order chi connectivity index (χ1) is 16.8. The minimum absolute atomic E-state index is 0.0721. The molecule has 0 atom stereocenters. The lowest BCUT2D eigenvalue weighted by Crippen LogP contribution is -2.12. The van der Waals surface area contributed by atoms with E-state index in [0.717, 1.165) is 23.9 Å². The Labute approximate surface area is 205 Å². The van der Waals surface area contributed by atoms with Crippen molar-refractivity contribution in [3.05, 3.63) is 47.8 Å². The van der Waals surface area contributed by atoms with Crippen molar-refractivity contribution in [3.8, 4) is 11.5 Å². The zero-order chi connectivity index (χ0) is 23.8. The molecule has 4 nitrogen and oxygen atoms in total. The maximum Gasteiger partial charge on any atom is 0.246 e. The van der Waals surface area contributed by atoms with E-state index in [1.807, 2.05) is 42.5 Å². The highest BCUT2D eigenvalue weighted by atomic mass is 16.3. The van der Waals surface area contributed by atoms with E-state index in [9.17, 15) is 4.79 Å². The van der Waals surface area contributed by atoms with Crippen LogP contribution in [0.1, 0.15) is 110 Å². The molecule has 0 bridgehead atoms. The zero-order valence-electron chi connectivity index (χ0n) is 21.1. The highest BCUT2D eigenvalue weighted by molar-refractivity contribution is 5.79. The molecule has 184 valence electrons. The van der Waals surface area contributed by atoms with E-state index in [0.29, 0.717) is 23.2 Å². The van der Waals surface area contributed by atoms with Gasteiger partial charge in [-0.3, -0.25) is 4.79 Å². The van der Waals surface area contributed by atoms with Crippen molar-refractivity contribution in [2.24, 2.45) is 4.99 Å². The van der Waals surface area contributed by atoms with Gasteiger partial charge in [-0.2, -0.15) is 0 Å². The summed E-state index contributed by atoms with van der Waals surface area (Å²) in [6.07, 6.45) is 20.3. The highest BCUT2D eigenvalue weighted by Crippen LogP contribution is 2.21. The van der Waals surface area contributed by atoms with Gasteiger partial charge in [0.25, 0.3) is 0 Å². The number of hydrogen-bond donors (Lipinski definition) is 0. The first-order valence-corrected chi connectivity index (χ1v) is 13.6. The average Bonchev–Trinajstić information content (AvgIpc) is 2.85. The second-order valence-electron chi connectivity index (χ2n) is 9.51. The standard InChI is InChI=1S/C30H42N2O2/c1-2-3-4-5-6-7-8-9-10-11-12-13-14-15-16-24-29(33)31-26-21-19-23-28-30(26)32-25-20-17-18-22-27(25)34-28/h17-23H,2-16,24H2,1H3. The lowest BCUT2D eigenvalue weighted by molar-refractivity contribution is -0.118. The largest absolute Gasteiger partial charge is 0.453 e. The van der Waals surface area contributed by atoms with Crippen LogP contribution in [-0.4, -0.2) is 10.9 Å². The predicted octanol–water partition coefficient (Wildman–Crippen LogP) is 8.62. The van der Waals surface area contributed by atoms with Gasteiger partial charge in [-0.15, -0.1) is 0 Å². The van der Waals surface area contributed by atoms with Crippen molar-refractivity contribution < 1.29 is 9.21 Å². The van der Waals surface area contributed by atoms with E-state index < -0.39 is 0 Å². The Bertz CT molecular complexity index is 1020. The third-order valence-corrected chi connectivity index (χ3v) is 6.53. The van der Waals surface area contributed by atoms with E-state index in [1.54, 1.807) is 0 Å². The number of hydrogen-bond acceptors (Lipinski definition) is 3. The second kappa shape index (κ2) is 15.4. The van der Waals surface area contributed by atoms with Crippen LogP contribution in [0.15, 0.2) is 51.9 Å². The number of aromatic nitrogens is 1. The number of carbonyl (C=O) groups is 1. The fraction of sp³-hybridized carbons (Fsp3) is 0.567. The fourth-order valence-electron chi connectivity index (χ4n) is 4.51. The normalized spacial score (nSPS) is 12.1. The summed E-state index contributed by atoms with van der Waals surface area (Å²) in [6.45, 7) is 2.28. The molecule has 0 unspecified atom stereocenters. The van der Waals surface area contributed by atoms with Gasteiger partial charge in [0, 0.05) is 6.42 Å². The number of fused-ring (bicyclic) bond motifs is 2. The van der Waals surface area contributed by atoms with E-state index in [1.165, 1.54) is 83.5 Å². The van der Waals surface area contributed by atoms with E-state index >= 15 is 0 Å². The predicted molar refractivity (Wildman–Crippen MR) is 141 cm³/mol. The maximum absolute atomic E-state index is 12.4. The Kier molecular flexibility index (Phi) is 11.8. The molecule has 0 fully saturated rings. The summed E-state index contributed by atoms with van der Waals surface area (Å²) in [7, 11) is 0. The van der Waals surface area contributed by atoms with Crippen molar-refractivity contribution in [1.82, 2.24) is 4.98 Å². The lowest BCUT2D eigenvalue weighted by Gasteiger charge is -2.06. The molecule has 0 saturated carbocycles. The zero-order valence-corrected chi connectivity index (χ0v) is 21.1. The van der Waals surface area contributed by atoms with Crippen molar-refractivity contribution in [2.75, 3.05) is 0 Å². The van der Waals surface area contributed by atoms with Gasteiger partial charge >= 0.3 is 0 Å². The Morgan fingerprint density at radius 3 is 1.97 bits per heavy atom. The van der Waals surface area contributed by atoms with Crippen LogP contribution in [0.25, 0.3) is 22.6 Å². The van der Waals surface area contributed by atoms with Gasteiger partial charge < -0.3 is 4.42 Å². The molecule has 1 aliphatic carbocycles. The Balaban J connectivity index is 1.28. The first-order valence-electron chi connectivity index (χ1n) is 13.6. The highest BCUT2D eigenvalue weighted by Gasteiger charge is 2.11. The molecule has 34 heavy (non-hydrogen) atoms. The summed E-state index contributed by atoms with van der Waals surface area (Å²) in [5.74, 6) is 0.580. The van der Waals surface area contributed by atoms with Gasteiger partial charge in [-0.05, 0) is 30.7 Å². The summed E-state index contributed by atoms with van der Waals surface area (Å²) in [6, 6.07) is 13.2. The number of unbranched alkanes of at least 4 members (excludes halogenated alkanes) is 14. The van der Waals surface area contributed by atoms with E-state index in [-0.39, 0.29) is 5.91 Å². The molecule has 1 aliphatic heterocycles.